The van der Waals surface area contributed by atoms with E-state index in [-0.39, 0.29) is 0 Å². The van der Waals surface area contributed by atoms with Crippen LogP contribution in [0, 0.1) is 35.5 Å². The van der Waals surface area contributed by atoms with Gasteiger partial charge in [-0.3, -0.25) is 4.79 Å². The van der Waals surface area contributed by atoms with Gasteiger partial charge in [0.1, 0.15) is 5.78 Å². The molecule has 0 aromatic carbocycles. The molecule has 0 spiro atoms. The van der Waals surface area contributed by atoms with E-state index in [0.717, 1.165) is 36.5 Å². The van der Waals surface area contributed by atoms with Crippen LogP contribution in [0.1, 0.15) is 58.8 Å². The quantitative estimate of drug-likeness (QED) is 0.717. The number of ketones is 1. The van der Waals surface area contributed by atoms with E-state index in [2.05, 4.69) is 13.8 Å². The molecule has 0 heterocycles. The zero-order valence-corrected chi connectivity index (χ0v) is 11.3. The summed E-state index contributed by atoms with van der Waals surface area (Å²) in [6, 6.07) is 0. The molecule has 4 fully saturated rings. The summed E-state index contributed by atoms with van der Waals surface area (Å²) in [5.41, 5.74) is 0. The van der Waals surface area contributed by atoms with E-state index in [9.17, 15) is 4.79 Å². The minimum absolute atomic E-state index is 0.469. The fourth-order valence-corrected chi connectivity index (χ4v) is 5.07. The monoisotopic (exact) mass is 234 g/mol. The molecule has 0 aromatic rings. The molecule has 0 amide bonds. The van der Waals surface area contributed by atoms with Gasteiger partial charge in [-0.15, -0.1) is 0 Å². The number of carbonyl (C=O) groups is 1. The number of rotatable bonds is 4. The number of hydrogen-bond donors (Lipinski definition) is 0. The number of carbonyl (C=O) groups excluding carboxylic acids is 1. The van der Waals surface area contributed by atoms with Gasteiger partial charge in [0.2, 0.25) is 0 Å². The van der Waals surface area contributed by atoms with Crippen LogP contribution >= 0.6 is 0 Å². The average molecular weight is 234 g/mol. The third-order valence-electron chi connectivity index (χ3n) is 5.85. The van der Waals surface area contributed by atoms with Gasteiger partial charge < -0.3 is 0 Å². The second-order valence-corrected chi connectivity index (χ2v) is 7.14. The van der Waals surface area contributed by atoms with E-state index in [4.69, 9.17) is 0 Å². The molecule has 0 aliphatic heterocycles. The van der Waals surface area contributed by atoms with Crippen LogP contribution in [0.2, 0.25) is 0 Å². The molecule has 1 heteroatoms. The van der Waals surface area contributed by atoms with Gasteiger partial charge in [0, 0.05) is 12.3 Å². The maximum absolute atomic E-state index is 12.5. The predicted molar refractivity (Wildman–Crippen MR) is 69.6 cm³/mol. The summed E-state index contributed by atoms with van der Waals surface area (Å²) >= 11 is 0. The summed E-state index contributed by atoms with van der Waals surface area (Å²) in [6.45, 7) is 4.43. The molecular weight excluding hydrogens is 208 g/mol. The molecule has 1 atom stereocenters. The van der Waals surface area contributed by atoms with Crippen molar-refractivity contribution >= 4 is 5.78 Å². The highest BCUT2D eigenvalue weighted by Crippen LogP contribution is 2.57. The summed E-state index contributed by atoms with van der Waals surface area (Å²) in [5.74, 6) is 5.23. The Labute approximate surface area is 105 Å². The van der Waals surface area contributed by atoms with Gasteiger partial charge in [-0.1, -0.05) is 20.3 Å². The van der Waals surface area contributed by atoms with E-state index >= 15 is 0 Å². The first-order chi connectivity index (χ1) is 8.17. The van der Waals surface area contributed by atoms with Crippen LogP contribution in [0.4, 0.5) is 0 Å². The lowest BCUT2D eigenvalue weighted by Gasteiger charge is -2.54. The Morgan fingerprint density at radius 3 is 2.06 bits per heavy atom. The fourth-order valence-electron chi connectivity index (χ4n) is 5.07. The Morgan fingerprint density at radius 1 is 1.06 bits per heavy atom. The van der Waals surface area contributed by atoms with Crippen molar-refractivity contribution in [1.82, 2.24) is 0 Å². The second kappa shape index (κ2) is 4.40. The molecule has 4 saturated carbocycles. The van der Waals surface area contributed by atoms with Crippen molar-refractivity contribution in [3.05, 3.63) is 0 Å². The molecule has 4 bridgehead atoms. The van der Waals surface area contributed by atoms with Crippen molar-refractivity contribution in [2.24, 2.45) is 35.5 Å². The topological polar surface area (TPSA) is 17.1 Å². The Kier molecular flexibility index (Phi) is 3.04. The zero-order valence-electron chi connectivity index (χ0n) is 11.3. The molecule has 4 rings (SSSR count). The van der Waals surface area contributed by atoms with E-state index in [1.807, 2.05) is 0 Å². The second-order valence-electron chi connectivity index (χ2n) is 7.14. The van der Waals surface area contributed by atoms with Gasteiger partial charge in [0.25, 0.3) is 0 Å². The number of hydrogen-bond acceptors (Lipinski definition) is 1. The van der Waals surface area contributed by atoms with Crippen molar-refractivity contribution in [3.63, 3.8) is 0 Å². The predicted octanol–water partition coefficient (Wildman–Crippen LogP) is 4.06. The van der Waals surface area contributed by atoms with E-state index in [1.165, 1.54) is 32.1 Å². The maximum atomic E-state index is 12.5. The fraction of sp³-hybridized carbons (Fsp3) is 0.938. The molecule has 0 radical (unpaired) electrons. The standard InChI is InChI=1S/C16H26O/c1-3-10(2)4-15(17)16-13-6-11-5-12(8-13)9-14(16)7-11/h10-14,16H,3-9H2,1-2H3. The normalized spacial score (nSPS) is 44.9. The lowest BCUT2D eigenvalue weighted by atomic mass is 9.51. The van der Waals surface area contributed by atoms with Crippen LogP contribution in [0.5, 0.6) is 0 Å². The van der Waals surface area contributed by atoms with Gasteiger partial charge >= 0.3 is 0 Å². The molecule has 1 nitrogen and oxygen atoms in total. The van der Waals surface area contributed by atoms with Gasteiger partial charge in [-0.2, -0.15) is 0 Å². The van der Waals surface area contributed by atoms with Crippen molar-refractivity contribution in [3.8, 4) is 0 Å². The van der Waals surface area contributed by atoms with E-state index in [0.29, 0.717) is 17.6 Å². The molecule has 4 aliphatic carbocycles. The molecule has 0 N–H and O–H groups in total. The SMILES string of the molecule is CCC(C)CC(=O)C1C2CC3CC(C2)CC1C3. The van der Waals surface area contributed by atoms with Crippen LogP contribution < -0.4 is 0 Å². The molecule has 17 heavy (non-hydrogen) atoms. The van der Waals surface area contributed by atoms with Crippen LogP contribution in [0.15, 0.2) is 0 Å². The Balaban J connectivity index is 1.69. The average Bonchev–Trinajstić information content (AvgIpc) is 2.27. The van der Waals surface area contributed by atoms with Gasteiger partial charge in [0.05, 0.1) is 0 Å². The van der Waals surface area contributed by atoms with Crippen LogP contribution in [-0.2, 0) is 4.79 Å². The minimum atomic E-state index is 0.469. The van der Waals surface area contributed by atoms with E-state index in [1.54, 1.807) is 0 Å². The Hall–Kier alpha value is -0.330. The highest BCUT2D eigenvalue weighted by molar-refractivity contribution is 5.82. The Morgan fingerprint density at radius 2 is 1.59 bits per heavy atom. The highest BCUT2D eigenvalue weighted by atomic mass is 16.1. The van der Waals surface area contributed by atoms with Crippen LogP contribution in [0.25, 0.3) is 0 Å². The molecular formula is C16H26O. The molecule has 1 unspecified atom stereocenters. The van der Waals surface area contributed by atoms with Crippen LogP contribution in [-0.4, -0.2) is 5.78 Å². The van der Waals surface area contributed by atoms with Gasteiger partial charge in [0.15, 0.2) is 0 Å². The third kappa shape index (κ3) is 2.06. The molecule has 0 saturated heterocycles. The Bertz CT molecular complexity index is 279. The molecule has 4 aliphatic rings. The van der Waals surface area contributed by atoms with Crippen molar-refractivity contribution < 1.29 is 4.79 Å². The lowest BCUT2D eigenvalue weighted by molar-refractivity contribution is -0.136. The first kappa shape index (κ1) is 11.7. The summed E-state index contributed by atoms with van der Waals surface area (Å²) in [7, 11) is 0. The smallest absolute Gasteiger partial charge is 0.136 e. The van der Waals surface area contributed by atoms with Crippen molar-refractivity contribution in [2.45, 2.75) is 58.8 Å². The largest absolute Gasteiger partial charge is 0.299 e. The summed E-state index contributed by atoms with van der Waals surface area (Å²) in [5, 5.41) is 0. The van der Waals surface area contributed by atoms with E-state index < -0.39 is 0 Å². The van der Waals surface area contributed by atoms with Gasteiger partial charge in [-0.25, -0.2) is 0 Å². The first-order valence-corrected chi connectivity index (χ1v) is 7.70. The van der Waals surface area contributed by atoms with Gasteiger partial charge in [-0.05, 0) is 61.7 Å². The van der Waals surface area contributed by atoms with Crippen LogP contribution in [0.3, 0.4) is 0 Å². The molecule has 0 aromatic heterocycles. The zero-order chi connectivity index (χ0) is 12.0. The van der Waals surface area contributed by atoms with Crippen molar-refractivity contribution in [2.75, 3.05) is 0 Å². The number of Topliss-reactive ketones (excluding diaryl/α,β-unsaturated/α-hetero) is 1. The summed E-state index contributed by atoms with van der Waals surface area (Å²) in [4.78, 5) is 12.5. The summed E-state index contributed by atoms with van der Waals surface area (Å²) < 4.78 is 0. The lowest BCUT2D eigenvalue weighted by Crippen LogP contribution is -2.48. The molecule has 96 valence electrons. The maximum Gasteiger partial charge on any atom is 0.136 e. The van der Waals surface area contributed by atoms with Crippen molar-refractivity contribution in [1.29, 1.82) is 0 Å². The summed E-state index contributed by atoms with van der Waals surface area (Å²) in [6.07, 6.45) is 9.00. The third-order valence-corrected chi connectivity index (χ3v) is 5.85. The minimum Gasteiger partial charge on any atom is -0.299 e. The first-order valence-electron chi connectivity index (χ1n) is 7.70. The highest BCUT2D eigenvalue weighted by Gasteiger charge is 2.50.